The summed E-state index contributed by atoms with van der Waals surface area (Å²) in [7, 11) is 3.31. The molecule has 0 heterocycles. The standard InChI is InChI=1S/C16H17BrN2O2/c1-19(10-11-3-5-13(17)6-4-11)16(20)12-7-14(18)9-15(8-12)21-2/h3-9H,10,18H2,1-2H3. The van der Waals surface area contributed by atoms with Crippen LogP contribution in [-0.4, -0.2) is 25.0 Å². The van der Waals surface area contributed by atoms with Gasteiger partial charge in [0.05, 0.1) is 7.11 Å². The van der Waals surface area contributed by atoms with Gasteiger partial charge >= 0.3 is 0 Å². The van der Waals surface area contributed by atoms with Crippen molar-refractivity contribution in [3.63, 3.8) is 0 Å². The van der Waals surface area contributed by atoms with Crippen molar-refractivity contribution in [2.45, 2.75) is 6.54 Å². The zero-order valence-electron chi connectivity index (χ0n) is 12.0. The second-order valence-corrected chi connectivity index (χ2v) is 5.70. The zero-order chi connectivity index (χ0) is 15.4. The highest BCUT2D eigenvalue weighted by molar-refractivity contribution is 9.10. The molecule has 2 aromatic rings. The minimum atomic E-state index is -0.0940. The van der Waals surface area contributed by atoms with Crippen molar-refractivity contribution in [3.05, 3.63) is 58.1 Å². The Hall–Kier alpha value is -2.01. The molecule has 0 radical (unpaired) electrons. The second-order valence-electron chi connectivity index (χ2n) is 4.78. The number of anilines is 1. The Morgan fingerprint density at radius 1 is 1.24 bits per heavy atom. The number of hydrogen-bond acceptors (Lipinski definition) is 3. The van der Waals surface area contributed by atoms with Gasteiger partial charge in [-0.3, -0.25) is 4.79 Å². The van der Waals surface area contributed by atoms with Crippen molar-refractivity contribution in [3.8, 4) is 5.75 Å². The van der Waals surface area contributed by atoms with Gasteiger partial charge in [0.15, 0.2) is 0 Å². The van der Waals surface area contributed by atoms with Crippen LogP contribution in [0.25, 0.3) is 0 Å². The molecule has 0 saturated heterocycles. The molecule has 0 aliphatic heterocycles. The monoisotopic (exact) mass is 348 g/mol. The Bertz CT molecular complexity index is 641. The third-order valence-corrected chi connectivity index (χ3v) is 3.62. The van der Waals surface area contributed by atoms with Gasteiger partial charge in [0.2, 0.25) is 0 Å². The van der Waals surface area contributed by atoms with E-state index >= 15 is 0 Å². The van der Waals surface area contributed by atoms with Crippen LogP contribution in [0, 0.1) is 0 Å². The van der Waals surface area contributed by atoms with Crippen molar-refractivity contribution in [2.75, 3.05) is 19.9 Å². The molecule has 0 atom stereocenters. The number of rotatable bonds is 4. The van der Waals surface area contributed by atoms with Crippen LogP contribution in [-0.2, 0) is 6.54 Å². The molecule has 0 aliphatic carbocycles. The van der Waals surface area contributed by atoms with Gasteiger partial charge in [0, 0.05) is 35.4 Å². The van der Waals surface area contributed by atoms with E-state index in [1.54, 1.807) is 37.3 Å². The Morgan fingerprint density at radius 2 is 1.90 bits per heavy atom. The van der Waals surface area contributed by atoms with Crippen LogP contribution < -0.4 is 10.5 Å². The van der Waals surface area contributed by atoms with E-state index < -0.39 is 0 Å². The van der Waals surface area contributed by atoms with Gasteiger partial charge in [-0.05, 0) is 29.8 Å². The summed E-state index contributed by atoms with van der Waals surface area (Å²) >= 11 is 3.39. The van der Waals surface area contributed by atoms with Gasteiger partial charge in [0.1, 0.15) is 5.75 Å². The minimum absolute atomic E-state index is 0.0940. The number of hydrogen-bond donors (Lipinski definition) is 1. The SMILES string of the molecule is COc1cc(N)cc(C(=O)N(C)Cc2ccc(Br)cc2)c1. The first-order valence-electron chi connectivity index (χ1n) is 6.44. The zero-order valence-corrected chi connectivity index (χ0v) is 13.6. The van der Waals surface area contributed by atoms with Gasteiger partial charge in [-0.15, -0.1) is 0 Å². The smallest absolute Gasteiger partial charge is 0.254 e. The summed E-state index contributed by atoms with van der Waals surface area (Å²) < 4.78 is 6.16. The first-order chi connectivity index (χ1) is 9.99. The molecule has 1 amide bonds. The molecule has 110 valence electrons. The van der Waals surface area contributed by atoms with Crippen LogP contribution in [0.3, 0.4) is 0 Å². The predicted molar refractivity (Wildman–Crippen MR) is 87.3 cm³/mol. The summed E-state index contributed by atoms with van der Waals surface area (Å²) in [6.07, 6.45) is 0. The number of carbonyl (C=O) groups excluding carboxylic acids is 1. The first kappa shape index (κ1) is 15.4. The molecule has 2 rings (SSSR count). The molecule has 0 bridgehead atoms. The van der Waals surface area contributed by atoms with Crippen molar-refractivity contribution in [2.24, 2.45) is 0 Å². The van der Waals surface area contributed by atoms with Gasteiger partial charge in [-0.25, -0.2) is 0 Å². The summed E-state index contributed by atoms with van der Waals surface area (Å²) in [5.74, 6) is 0.485. The van der Waals surface area contributed by atoms with E-state index in [0.29, 0.717) is 23.5 Å². The van der Waals surface area contributed by atoms with Crippen LogP contribution in [0.1, 0.15) is 15.9 Å². The largest absolute Gasteiger partial charge is 0.497 e. The van der Waals surface area contributed by atoms with E-state index in [4.69, 9.17) is 10.5 Å². The lowest BCUT2D eigenvalue weighted by Crippen LogP contribution is -2.26. The van der Waals surface area contributed by atoms with E-state index in [0.717, 1.165) is 10.0 Å². The first-order valence-corrected chi connectivity index (χ1v) is 7.23. The number of methoxy groups -OCH3 is 1. The fraction of sp³-hybridized carbons (Fsp3) is 0.188. The number of amides is 1. The average molecular weight is 349 g/mol. The van der Waals surface area contributed by atoms with E-state index in [-0.39, 0.29) is 5.91 Å². The molecule has 2 aromatic carbocycles. The number of benzene rings is 2. The van der Waals surface area contributed by atoms with Crippen LogP contribution in [0.15, 0.2) is 46.9 Å². The number of nitrogens with two attached hydrogens (primary N) is 1. The van der Waals surface area contributed by atoms with Crippen LogP contribution in [0.2, 0.25) is 0 Å². The molecule has 21 heavy (non-hydrogen) atoms. The molecule has 0 aromatic heterocycles. The third kappa shape index (κ3) is 3.98. The van der Waals surface area contributed by atoms with E-state index in [9.17, 15) is 4.79 Å². The molecular formula is C16H17BrN2O2. The van der Waals surface area contributed by atoms with Crippen LogP contribution >= 0.6 is 15.9 Å². The van der Waals surface area contributed by atoms with Crippen molar-refractivity contribution in [1.82, 2.24) is 4.90 Å². The fourth-order valence-corrected chi connectivity index (χ4v) is 2.28. The van der Waals surface area contributed by atoms with Gasteiger partial charge < -0.3 is 15.4 Å². The van der Waals surface area contributed by atoms with Gasteiger partial charge in [-0.1, -0.05) is 28.1 Å². The molecular weight excluding hydrogens is 332 g/mol. The minimum Gasteiger partial charge on any atom is -0.497 e. The molecule has 0 aliphatic rings. The summed E-state index contributed by atoms with van der Waals surface area (Å²) in [6, 6.07) is 12.9. The van der Waals surface area contributed by atoms with Crippen molar-refractivity contribution >= 4 is 27.5 Å². The topological polar surface area (TPSA) is 55.6 Å². The molecule has 0 fully saturated rings. The lowest BCUT2D eigenvalue weighted by atomic mass is 10.1. The van der Waals surface area contributed by atoms with Gasteiger partial charge in [0.25, 0.3) is 5.91 Å². The van der Waals surface area contributed by atoms with E-state index in [1.807, 2.05) is 24.3 Å². The van der Waals surface area contributed by atoms with Crippen molar-refractivity contribution < 1.29 is 9.53 Å². The molecule has 0 unspecified atom stereocenters. The predicted octanol–water partition coefficient (Wildman–Crippen LogP) is 3.31. The summed E-state index contributed by atoms with van der Waals surface area (Å²) in [5.41, 5.74) is 7.88. The Morgan fingerprint density at radius 3 is 2.52 bits per heavy atom. The number of ether oxygens (including phenoxy) is 1. The number of carbonyl (C=O) groups is 1. The summed E-state index contributed by atoms with van der Waals surface area (Å²) in [6.45, 7) is 0.531. The third-order valence-electron chi connectivity index (χ3n) is 3.09. The van der Waals surface area contributed by atoms with Gasteiger partial charge in [-0.2, -0.15) is 0 Å². The fourth-order valence-electron chi connectivity index (χ4n) is 2.02. The Labute approximate surface area is 132 Å². The number of halogens is 1. The molecule has 0 saturated carbocycles. The summed E-state index contributed by atoms with van der Waals surface area (Å²) in [4.78, 5) is 14.1. The maximum Gasteiger partial charge on any atom is 0.254 e. The average Bonchev–Trinajstić information content (AvgIpc) is 2.48. The lowest BCUT2D eigenvalue weighted by molar-refractivity contribution is 0.0785. The molecule has 5 heteroatoms. The maximum atomic E-state index is 12.4. The molecule has 2 N–H and O–H groups in total. The number of nitrogens with zero attached hydrogens (tertiary/aromatic N) is 1. The maximum absolute atomic E-state index is 12.4. The summed E-state index contributed by atoms with van der Waals surface area (Å²) in [5, 5.41) is 0. The second kappa shape index (κ2) is 6.63. The normalized spacial score (nSPS) is 10.2. The quantitative estimate of drug-likeness (QED) is 0.862. The number of nitrogen functional groups attached to an aromatic ring is 1. The highest BCUT2D eigenvalue weighted by atomic mass is 79.9. The highest BCUT2D eigenvalue weighted by Gasteiger charge is 2.13. The highest BCUT2D eigenvalue weighted by Crippen LogP contribution is 2.20. The Balaban J connectivity index is 2.15. The van der Waals surface area contributed by atoms with E-state index in [1.165, 1.54) is 0 Å². The van der Waals surface area contributed by atoms with E-state index in [2.05, 4.69) is 15.9 Å². The molecule has 4 nitrogen and oxygen atoms in total. The van der Waals surface area contributed by atoms with Crippen molar-refractivity contribution in [1.29, 1.82) is 0 Å². The Kier molecular flexibility index (Phi) is 4.85. The lowest BCUT2D eigenvalue weighted by Gasteiger charge is -2.18. The van der Waals surface area contributed by atoms with Crippen LogP contribution in [0.5, 0.6) is 5.75 Å². The molecule has 0 spiro atoms. The van der Waals surface area contributed by atoms with Crippen LogP contribution in [0.4, 0.5) is 5.69 Å².